The summed E-state index contributed by atoms with van der Waals surface area (Å²) in [6.45, 7) is 2.22. The van der Waals surface area contributed by atoms with Gasteiger partial charge in [0.2, 0.25) is 5.91 Å². The van der Waals surface area contributed by atoms with Crippen molar-refractivity contribution in [2.75, 3.05) is 26.3 Å². The summed E-state index contributed by atoms with van der Waals surface area (Å²) in [7, 11) is 0. The Morgan fingerprint density at radius 1 is 1.25 bits per heavy atom. The minimum Gasteiger partial charge on any atom is -0.464 e. The van der Waals surface area contributed by atoms with Crippen molar-refractivity contribution in [3.05, 3.63) is 35.6 Å². The van der Waals surface area contributed by atoms with Gasteiger partial charge in [0.1, 0.15) is 5.58 Å². The van der Waals surface area contributed by atoms with Crippen LogP contribution in [0.4, 0.5) is 0 Å². The number of carbonyl (C=O) groups is 1. The lowest BCUT2D eigenvalue weighted by Crippen LogP contribution is -2.36. The summed E-state index contributed by atoms with van der Waals surface area (Å²) in [6, 6.07) is 5.85. The SMILES string of the molecule is Cc1ccc2c(CC(=O)N(CCO)CCO)coc2c1. The summed E-state index contributed by atoms with van der Waals surface area (Å²) < 4.78 is 5.46. The summed E-state index contributed by atoms with van der Waals surface area (Å²) in [5.74, 6) is -0.128. The van der Waals surface area contributed by atoms with Crippen molar-refractivity contribution in [1.82, 2.24) is 4.90 Å². The molecule has 2 N–H and O–H groups in total. The number of furan rings is 1. The molecule has 0 spiro atoms. The topological polar surface area (TPSA) is 73.9 Å². The third kappa shape index (κ3) is 3.18. The first-order valence-corrected chi connectivity index (χ1v) is 6.62. The van der Waals surface area contributed by atoms with E-state index in [1.165, 1.54) is 4.90 Å². The first kappa shape index (κ1) is 14.6. The monoisotopic (exact) mass is 277 g/mol. The molecular weight excluding hydrogens is 258 g/mol. The maximum Gasteiger partial charge on any atom is 0.227 e. The maximum atomic E-state index is 12.2. The van der Waals surface area contributed by atoms with Crippen molar-refractivity contribution in [3.63, 3.8) is 0 Å². The quantitative estimate of drug-likeness (QED) is 0.829. The van der Waals surface area contributed by atoms with E-state index in [0.29, 0.717) is 0 Å². The Balaban J connectivity index is 2.16. The van der Waals surface area contributed by atoms with E-state index in [4.69, 9.17) is 14.6 Å². The molecule has 0 aliphatic rings. The second-order valence-corrected chi connectivity index (χ2v) is 4.77. The van der Waals surface area contributed by atoms with Crippen LogP contribution < -0.4 is 0 Å². The number of aryl methyl sites for hydroxylation is 1. The van der Waals surface area contributed by atoms with E-state index in [0.717, 1.165) is 22.1 Å². The van der Waals surface area contributed by atoms with Gasteiger partial charge in [-0.2, -0.15) is 0 Å². The zero-order valence-corrected chi connectivity index (χ0v) is 11.5. The van der Waals surface area contributed by atoms with E-state index in [-0.39, 0.29) is 38.6 Å². The highest BCUT2D eigenvalue weighted by molar-refractivity contribution is 5.88. The number of carbonyl (C=O) groups excluding carboxylic acids is 1. The zero-order valence-electron chi connectivity index (χ0n) is 11.5. The Morgan fingerprint density at radius 3 is 2.60 bits per heavy atom. The number of aliphatic hydroxyl groups excluding tert-OH is 2. The van der Waals surface area contributed by atoms with Gasteiger partial charge in [0.05, 0.1) is 25.9 Å². The van der Waals surface area contributed by atoms with Gasteiger partial charge < -0.3 is 19.5 Å². The van der Waals surface area contributed by atoms with E-state index < -0.39 is 0 Å². The van der Waals surface area contributed by atoms with Crippen LogP contribution in [0.2, 0.25) is 0 Å². The van der Waals surface area contributed by atoms with Gasteiger partial charge >= 0.3 is 0 Å². The zero-order chi connectivity index (χ0) is 14.5. The molecule has 0 aliphatic heterocycles. The molecule has 0 unspecified atom stereocenters. The molecule has 5 nitrogen and oxygen atoms in total. The molecule has 1 amide bonds. The van der Waals surface area contributed by atoms with Crippen LogP contribution in [-0.4, -0.2) is 47.3 Å². The smallest absolute Gasteiger partial charge is 0.227 e. The summed E-state index contributed by atoms with van der Waals surface area (Å²) in [5.41, 5.74) is 2.70. The fraction of sp³-hybridized carbons (Fsp3) is 0.400. The van der Waals surface area contributed by atoms with Crippen molar-refractivity contribution in [2.45, 2.75) is 13.3 Å². The number of nitrogens with zero attached hydrogens (tertiary/aromatic N) is 1. The lowest BCUT2D eigenvalue weighted by molar-refractivity contribution is -0.131. The van der Waals surface area contributed by atoms with Gasteiger partial charge in [-0.05, 0) is 18.6 Å². The lowest BCUT2D eigenvalue weighted by atomic mass is 10.1. The average molecular weight is 277 g/mol. The molecule has 108 valence electrons. The number of rotatable bonds is 6. The highest BCUT2D eigenvalue weighted by Crippen LogP contribution is 2.23. The number of fused-ring (bicyclic) bond motifs is 1. The van der Waals surface area contributed by atoms with E-state index in [1.54, 1.807) is 6.26 Å². The van der Waals surface area contributed by atoms with Crippen LogP contribution in [0, 0.1) is 6.92 Å². The lowest BCUT2D eigenvalue weighted by Gasteiger charge is -2.20. The average Bonchev–Trinajstić information content (AvgIpc) is 2.80. The third-order valence-electron chi connectivity index (χ3n) is 3.25. The van der Waals surface area contributed by atoms with Crippen molar-refractivity contribution in [2.24, 2.45) is 0 Å². The molecule has 5 heteroatoms. The van der Waals surface area contributed by atoms with Crippen LogP contribution >= 0.6 is 0 Å². The molecule has 20 heavy (non-hydrogen) atoms. The molecule has 0 saturated carbocycles. The van der Waals surface area contributed by atoms with E-state index in [1.807, 2.05) is 25.1 Å². The van der Waals surface area contributed by atoms with Gasteiger partial charge in [0.25, 0.3) is 0 Å². The van der Waals surface area contributed by atoms with Crippen LogP contribution in [0.1, 0.15) is 11.1 Å². The number of benzene rings is 1. The second-order valence-electron chi connectivity index (χ2n) is 4.77. The molecular formula is C15H19NO4. The summed E-state index contributed by atoms with van der Waals surface area (Å²) >= 11 is 0. The standard InChI is InChI=1S/C15H19NO4/c1-11-2-3-13-12(10-20-14(13)8-11)9-15(19)16(4-6-17)5-7-18/h2-3,8,10,17-18H,4-7,9H2,1H3. The summed E-state index contributed by atoms with van der Waals surface area (Å²) in [4.78, 5) is 13.6. The number of hydrogen-bond acceptors (Lipinski definition) is 4. The first-order valence-electron chi connectivity index (χ1n) is 6.62. The Labute approximate surface area is 117 Å². The minimum atomic E-state index is -0.128. The Bertz CT molecular complexity index is 585. The number of aliphatic hydroxyl groups is 2. The normalized spacial score (nSPS) is 10.9. The van der Waals surface area contributed by atoms with Crippen molar-refractivity contribution in [3.8, 4) is 0 Å². The largest absolute Gasteiger partial charge is 0.464 e. The van der Waals surface area contributed by atoms with Crippen LogP contribution in [-0.2, 0) is 11.2 Å². The van der Waals surface area contributed by atoms with Crippen molar-refractivity contribution >= 4 is 16.9 Å². The number of amides is 1. The second kappa shape index (κ2) is 6.54. The predicted molar refractivity (Wildman–Crippen MR) is 75.4 cm³/mol. The van der Waals surface area contributed by atoms with E-state index in [9.17, 15) is 4.79 Å². The first-order chi connectivity index (χ1) is 9.65. The molecule has 1 aromatic heterocycles. The van der Waals surface area contributed by atoms with E-state index >= 15 is 0 Å². The van der Waals surface area contributed by atoms with E-state index in [2.05, 4.69) is 0 Å². The Kier molecular flexibility index (Phi) is 4.76. The Hall–Kier alpha value is -1.85. The molecule has 0 saturated heterocycles. The third-order valence-corrected chi connectivity index (χ3v) is 3.25. The Morgan fingerprint density at radius 2 is 1.95 bits per heavy atom. The van der Waals surface area contributed by atoms with Crippen LogP contribution in [0.25, 0.3) is 11.0 Å². The number of hydrogen-bond donors (Lipinski definition) is 2. The fourth-order valence-electron chi connectivity index (χ4n) is 2.20. The van der Waals surface area contributed by atoms with Gasteiger partial charge in [-0.3, -0.25) is 4.79 Å². The maximum absolute atomic E-state index is 12.2. The van der Waals surface area contributed by atoms with Gasteiger partial charge in [-0.1, -0.05) is 12.1 Å². The molecule has 2 aromatic rings. The highest BCUT2D eigenvalue weighted by Gasteiger charge is 2.16. The van der Waals surface area contributed by atoms with Crippen LogP contribution in [0.15, 0.2) is 28.9 Å². The van der Waals surface area contributed by atoms with Gasteiger partial charge in [-0.25, -0.2) is 0 Å². The summed E-state index contributed by atoms with van der Waals surface area (Å²) in [5, 5.41) is 18.8. The van der Waals surface area contributed by atoms with Gasteiger partial charge in [0.15, 0.2) is 0 Å². The van der Waals surface area contributed by atoms with Crippen molar-refractivity contribution < 1.29 is 19.4 Å². The van der Waals surface area contributed by atoms with Gasteiger partial charge in [-0.15, -0.1) is 0 Å². The molecule has 0 fully saturated rings. The van der Waals surface area contributed by atoms with Gasteiger partial charge in [0, 0.05) is 24.0 Å². The van der Waals surface area contributed by atoms with Crippen LogP contribution in [0.3, 0.4) is 0 Å². The molecule has 1 heterocycles. The minimum absolute atomic E-state index is 0.114. The molecule has 2 rings (SSSR count). The molecule has 0 radical (unpaired) electrons. The molecule has 0 aliphatic carbocycles. The fourth-order valence-corrected chi connectivity index (χ4v) is 2.20. The molecule has 1 aromatic carbocycles. The summed E-state index contributed by atoms with van der Waals surface area (Å²) in [6.07, 6.45) is 1.80. The van der Waals surface area contributed by atoms with Crippen LogP contribution in [0.5, 0.6) is 0 Å². The molecule has 0 atom stereocenters. The highest BCUT2D eigenvalue weighted by atomic mass is 16.3. The predicted octanol–water partition coefficient (Wildman–Crippen LogP) is 1.10. The van der Waals surface area contributed by atoms with Crippen molar-refractivity contribution in [1.29, 1.82) is 0 Å². The molecule has 0 bridgehead atoms.